The summed E-state index contributed by atoms with van der Waals surface area (Å²) in [5.74, 6) is 0.328. The topological polar surface area (TPSA) is 84.5 Å². The number of amides is 1. The second-order valence-corrected chi connectivity index (χ2v) is 7.97. The van der Waals surface area contributed by atoms with Crippen LogP contribution in [0.2, 0.25) is 5.02 Å². The van der Waals surface area contributed by atoms with E-state index < -0.39 is 10.0 Å². The standard InChI is InChI=1S/C18H21ClN2O4S/c1-13-6-7-14(2)17(10-13)25-12-18(22)20-8-9-21-26(23,24)16-5-3-4-15(19)11-16/h3-7,10-11,21H,8-9,12H2,1-2H3,(H,20,22). The number of rotatable bonds is 8. The van der Waals surface area contributed by atoms with Crippen molar-refractivity contribution in [2.75, 3.05) is 19.7 Å². The highest BCUT2D eigenvalue weighted by molar-refractivity contribution is 7.89. The van der Waals surface area contributed by atoms with Crippen LogP contribution in [0.15, 0.2) is 47.4 Å². The molecule has 0 heterocycles. The van der Waals surface area contributed by atoms with Crippen LogP contribution in [0.5, 0.6) is 5.75 Å². The van der Waals surface area contributed by atoms with Crippen molar-refractivity contribution in [2.45, 2.75) is 18.7 Å². The molecule has 0 aliphatic carbocycles. The first-order chi connectivity index (χ1) is 12.3. The Hall–Kier alpha value is -2.09. The van der Waals surface area contributed by atoms with Gasteiger partial charge in [0.05, 0.1) is 4.90 Å². The van der Waals surface area contributed by atoms with Gasteiger partial charge in [0.25, 0.3) is 5.91 Å². The van der Waals surface area contributed by atoms with Crippen LogP contribution in [0.1, 0.15) is 11.1 Å². The fourth-order valence-corrected chi connectivity index (χ4v) is 3.49. The maximum absolute atomic E-state index is 12.1. The van der Waals surface area contributed by atoms with Crippen LogP contribution in [0, 0.1) is 13.8 Å². The lowest BCUT2D eigenvalue weighted by atomic mass is 10.1. The average Bonchev–Trinajstić information content (AvgIpc) is 2.59. The van der Waals surface area contributed by atoms with E-state index >= 15 is 0 Å². The second-order valence-electron chi connectivity index (χ2n) is 5.76. The molecule has 2 aromatic rings. The number of ether oxygens (including phenoxy) is 1. The van der Waals surface area contributed by atoms with Gasteiger partial charge in [-0.05, 0) is 49.2 Å². The van der Waals surface area contributed by atoms with Gasteiger partial charge >= 0.3 is 0 Å². The number of hydrogen-bond donors (Lipinski definition) is 2. The molecule has 0 fully saturated rings. The van der Waals surface area contributed by atoms with Crippen molar-refractivity contribution in [2.24, 2.45) is 0 Å². The highest BCUT2D eigenvalue weighted by atomic mass is 35.5. The van der Waals surface area contributed by atoms with Gasteiger partial charge in [0.15, 0.2) is 6.61 Å². The van der Waals surface area contributed by atoms with Crippen LogP contribution in [0.25, 0.3) is 0 Å². The molecule has 0 aromatic heterocycles. The number of carbonyl (C=O) groups is 1. The molecule has 0 spiro atoms. The molecule has 1 amide bonds. The molecule has 6 nitrogen and oxygen atoms in total. The van der Waals surface area contributed by atoms with Crippen molar-refractivity contribution in [1.29, 1.82) is 0 Å². The zero-order valence-electron chi connectivity index (χ0n) is 14.6. The van der Waals surface area contributed by atoms with E-state index in [-0.39, 0.29) is 30.5 Å². The summed E-state index contributed by atoms with van der Waals surface area (Å²) >= 11 is 5.80. The largest absolute Gasteiger partial charge is 0.483 e. The Morgan fingerprint density at radius 2 is 1.88 bits per heavy atom. The van der Waals surface area contributed by atoms with Crippen molar-refractivity contribution < 1.29 is 17.9 Å². The molecular formula is C18H21ClN2O4S. The maximum Gasteiger partial charge on any atom is 0.257 e. The van der Waals surface area contributed by atoms with Gasteiger partial charge in [-0.1, -0.05) is 29.8 Å². The molecule has 26 heavy (non-hydrogen) atoms. The van der Waals surface area contributed by atoms with E-state index in [0.717, 1.165) is 11.1 Å². The van der Waals surface area contributed by atoms with Gasteiger partial charge in [-0.2, -0.15) is 0 Å². The van der Waals surface area contributed by atoms with E-state index in [0.29, 0.717) is 10.8 Å². The molecule has 0 bridgehead atoms. The number of halogens is 1. The van der Waals surface area contributed by atoms with E-state index in [1.54, 1.807) is 12.1 Å². The Morgan fingerprint density at radius 3 is 2.62 bits per heavy atom. The van der Waals surface area contributed by atoms with Gasteiger partial charge in [0.1, 0.15) is 5.75 Å². The lowest BCUT2D eigenvalue weighted by Crippen LogP contribution is -2.36. The minimum atomic E-state index is -3.66. The normalized spacial score (nSPS) is 11.2. The van der Waals surface area contributed by atoms with Crippen molar-refractivity contribution in [3.8, 4) is 5.75 Å². The monoisotopic (exact) mass is 396 g/mol. The number of nitrogens with one attached hydrogen (secondary N) is 2. The van der Waals surface area contributed by atoms with E-state index in [9.17, 15) is 13.2 Å². The molecule has 0 atom stereocenters. The lowest BCUT2D eigenvalue weighted by molar-refractivity contribution is -0.123. The summed E-state index contributed by atoms with van der Waals surface area (Å²) in [5.41, 5.74) is 1.99. The highest BCUT2D eigenvalue weighted by Crippen LogP contribution is 2.18. The van der Waals surface area contributed by atoms with Crippen LogP contribution in [-0.4, -0.2) is 34.0 Å². The highest BCUT2D eigenvalue weighted by Gasteiger charge is 2.13. The van der Waals surface area contributed by atoms with Crippen LogP contribution < -0.4 is 14.8 Å². The lowest BCUT2D eigenvalue weighted by Gasteiger charge is -2.11. The Kier molecular flexibility index (Phi) is 7.02. The SMILES string of the molecule is Cc1ccc(C)c(OCC(=O)NCCNS(=O)(=O)c2cccc(Cl)c2)c1. The third-order valence-electron chi connectivity index (χ3n) is 3.55. The molecule has 2 N–H and O–H groups in total. The predicted molar refractivity (Wildman–Crippen MR) is 101 cm³/mol. The van der Waals surface area contributed by atoms with Gasteiger partial charge in [-0.25, -0.2) is 13.1 Å². The van der Waals surface area contributed by atoms with Crippen molar-refractivity contribution in [1.82, 2.24) is 10.0 Å². The molecule has 0 saturated carbocycles. The van der Waals surface area contributed by atoms with E-state index in [1.807, 2.05) is 32.0 Å². The molecule has 2 rings (SSSR count). The molecule has 0 radical (unpaired) electrons. The third-order valence-corrected chi connectivity index (χ3v) is 5.24. The predicted octanol–water partition coefficient (Wildman–Crippen LogP) is 2.43. The quantitative estimate of drug-likeness (QED) is 0.671. The number of carbonyl (C=O) groups excluding carboxylic acids is 1. The van der Waals surface area contributed by atoms with Gasteiger partial charge in [-0.15, -0.1) is 0 Å². The van der Waals surface area contributed by atoms with Crippen molar-refractivity contribution in [3.63, 3.8) is 0 Å². The summed E-state index contributed by atoms with van der Waals surface area (Å²) in [4.78, 5) is 11.9. The Bertz CT molecular complexity index is 885. The fraction of sp³-hybridized carbons (Fsp3) is 0.278. The first-order valence-corrected chi connectivity index (χ1v) is 9.86. The van der Waals surface area contributed by atoms with Gasteiger partial charge in [-0.3, -0.25) is 4.79 Å². The smallest absolute Gasteiger partial charge is 0.257 e. The average molecular weight is 397 g/mol. The number of hydrogen-bond acceptors (Lipinski definition) is 4. The van der Waals surface area contributed by atoms with Crippen LogP contribution in [-0.2, 0) is 14.8 Å². The van der Waals surface area contributed by atoms with Crippen LogP contribution in [0.4, 0.5) is 0 Å². The molecule has 0 unspecified atom stereocenters. The van der Waals surface area contributed by atoms with Crippen LogP contribution >= 0.6 is 11.6 Å². The molecule has 0 aliphatic heterocycles. The van der Waals surface area contributed by atoms with Crippen LogP contribution in [0.3, 0.4) is 0 Å². The minimum absolute atomic E-state index is 0.0596. The molecule has 0 aliphatic rings. The summed E-state index contributed by atoms with van der Waals surface area (Å²) in [6, 6.07) is 11.7. The Balaban J connectivity index is 1.75. The zero-order valence-corrected chi connectivity index (χ0v) is 16.2. The Labute approximate surface area is 158 Å². The first kappa shape index (κ1) is 20.2. The van der Waals surface area contributed by atoms with E-state index in [4.69, 9.17) is 16.3 Å². The summed E-state index contributed by atoms with van der Waals surface area (Å²) in [6.07, 6.45) is 0. The van der Waals surface area contributed by atoms with Gasteiger partial charge in [0, 0.05) is 18.1 Å². The number of benzene rings is 2. The van der Waals surface area contributed by atoms with Gasteiger partial charge < -0.3 is 10.1 Å². The summed E-state index contributed by atoms with van der Waals surface area (Å²) in [7, 11) is -3.66. The third kappa shape index (κ3) is 6.01. The zero-order chi connectivity index (χ0) is 19.2. The second kappa shape index (κ2) is 9.02. The number of sulfonamides is 1. The fourth-order valence-electron chi connectivity index (χ4n) is 2.16. The minimum Gasteiger partial charge on any atom is -0.483 e. The summed E-state index contributed by atoms with van der Waals surface area (Å²) in [5, 5.41) is 2.94. The maximum atomic E-state index is 12.1. The summed E-state index contributed by atoms with van der Waals surface area (Å²) in [6.45, 7) is 3.92. The van der Waals surface area contributed by atoms with Crippen molar-refractivity contribution in [3.05, 3.63) is 58.6 Å². The van der Waals surface area contributed by atoms with Crippen molar-refractivity contribution >= 4 is 27.5 Å². The molecule has 8 heteroatoms. The molecule has 2 aromatic carbocycles. The molecule has 140 valence electrons. The van der Waals surface area contributed by atoms with E-state index in [1.165, 1.54) is 12.1 Å². The van der Waals surface area contributed by atoms with E-state index in [2.05, 4.69) is 10.0 Å². The molecule has 0 saturated heterocycles. The van der Waals surface area contributed by atoms with Gasteiger partial charge in [0.2, 0.25) is 10.0 Å². The first-order valence-electron chi connectivity index (χ1n) is 8.00. The molecular weight excluding hydrogens is 376 g/mol. The summed E-state index contributed by atoms with van der Waals surface area (Å²) < 4.78 is 32.1. The Morgan fingerprint density at radius 1 is 1.12 bits per heavy atom. The number of aryl methyl sites for hydroxylation is 2.